The number of benzene rings is 1. The Labute approximate surface area is 158 Å². The highest BCUT2D eigenvalue weighted by molar-refractivity contribution is 6.30. The van der Waals surface area contributed by atoms with Crippen molar-refractivity contribution in [2.45, 2.75) is 57.7 Å². The minimum Gasteiger partial charge on any atom is -0.331 e. The Bertz CT molecular complexity index is 769. The molecule has 1 aliphatic heterocycles. The van der Waals surface area contributed by atoms with Gasteiger partial charge in [0.05, 0.1) is 12.6 Å². The van der Waals surface area contributed by atoms with E-state index in [-0.39, 0.29) is 12.1 Å². The maximum Gasteiger partial charge on any atom is 0.315 e. The van der Waals surface area contributed by atoms with Gasteiger partial charge in [-0.2, -0.15) is 0 Å². The number of hydrogen-bond donors (Lipinski definition) is 2. The van der Waals surface area contributed by atoms with Crippen molar-refractivity contribution in [1.82, 2.24) is 25.4 Å². The summed E-state index contributed by atoms with van der Waals surface area (Å²) in [4.78, 5) is 12.5. The molecule has 0 radical (unpaired) electrons. The molecule has 2 amide bonds. The summed E-state index contributed by atoms with van der Waals surface area (Å²) >= 11 is 5.98. The number of nitrogens with one attached hydrogen (secondary N) is 2. The van der Waals surface area contributed by atoms with E-state index in [9.17, 15) is 4.79 Å². The standard InChI is InChI=1S/C19H24ClN5O/c20-15-9-7-14(8-10-15)18(13-5-6-13)22-19(26)21-12-17-24-23-16-4-2-1-3-11-25(16)17/h7-10,13,18H,1-6,11-12H2,(H2,21,22,26). The number of nitrogens with zero attached hydrogens (tertiary/aromatic N) is 3. The topological polar surface area (TPSA) is 71.8 Å². The van der Waals surface area contributed by atoms with Crippen LogP contribution < -0.4 is 10.6 Å². The lowest BCUT2D eigenvalue weighted by molar-refractivity contribution is 0.234. The Hall–Kier alpha value is -2.08. The zero-order valence-electron chi connectivity index (χ0n) is 14.7. The Kier molecular flexibility index (Phi) is 5.11. The van der Waals surface area contributed by atoms with E-state index in [0.29, 0.717) is 17.5 Å². The van der Waals surface area contributed by atoms with Crippen molar-refractivity contribution >= 4 is 17.6 Å². The smallest absolute Gasteiger partial charge is 0.315 e. The van der Waals surface area contributed by atoms with Gasteiger partial charge in [-0.3, -0.25) is 0 Å². The molecule has 4 rings (SSSR count). The second kappa shape index (κ2) is 7.66. The third kappa shape index (κ3) is 4.01. The number of amides is 2. The van der Waals surface area contributed by atoms with Gasteiger partial charge in [0.15, 0.2) is 5.82 Å². The molecule has 1 aromatic carbocycles. The maximum atomic E-state index is 12.5. The fourth-order valence-corrected chi connectivity index (χ4v) is 3.73. The van der Waals surface area contributed by atoms with E-state index in [0.717, 1.165) is 55.9 Å². The number of rotatable bonds is 5. The predicted molar refractivity (Wildman–Crippen MR) is 99.9 cm³/mol. The monoisotopic (exact) mass is 373 g/mol. The van der Waals surface area contributed by atoms with E-state index in [1.54, 1.807) is 0 Å². The van der Waals surface area contributed by atoms with Crippen molar-refractivity contribution in [2.75, 3.05) is 0 Å². The van der Waals surface area contributed by atoms with Gasteiger partial charge in [0, 0.05) is 18.0 Å². The van der Waals surface area contributed by atoms with E-state index >= 15 is 0 Å². The molecule has 1 atom stereocenters. The number of aryl methyl sites for hydroxylation is 1. The van der Waals surface area contributed by atoms with Gasteiger partial charge >= 0.3 is 6.03 Å². The summed E-state index contributed by atoms with van der Waals surface area (Å²) in [5.41, 5.74) is 1.10. The number of urea groups is 1. The minimum absolute atomic E-state index is 0.0304. The average molecular weight is 374 g/mol. The van der Waals surface area contributed by atoms with Gasteiger partial charge in [-0.1, -0.05) is 30.2 Å². The van der Waals surface area contributed by atoms with Gasteiger partial charge in [0.2, 0.25) is 0 Å². The van der Waals surface area contributed by atoms with Crippen LogP contribution in [-0.2, 0) is 19.5 Å². The molecule has 6 nitrogen and oxygen atoms in total. The zero-order chi connectivity index (χ0) is 17.9. The number of aromatic nitrogens is 3. The SMILES string of the molecule is O=C(NCc1nnc2n1CCCCC2)NC(c1ccc(Cl)cc1)C1CC1. The number of fused-ring (bicyclic) bond motifs is 1. The Morgan fingerprint density at radius 3 is 2.77 bits per heavy atom. The quantitative estimate of drug-likeness (QED) is 0.840. The first-order valence-corrected chi connectivity index (χ1v) is 9.79. The molecule has 2 aromatic rings. The Morgan fingerprint density at radius 2 is 2.00 bits per heavy atom. The fraction of sp³-hybridized carbons (Fsp3) is 0.526. The van der Waals surface area contributed by atoms with Gasteiger partial charge in [-0.25, -0.2) is 4.79 Å². The molecule has 1 aliphatic carbocycles. The summed E-state index contributed by atoms with van der Waals surface area (Å²) in [5, 5.41) is 15.3. The first-order chi connectivity index (χ1) is 12.7. The number of halogens is 1. The van der Waals surface area contributed by atoms with Gasteiger partial charge in [0.1, 0.15) is 5.82 Å². The minimum atomic E-state index is -0.164. The molecule has 26 heavy (non-hydrogen) atoms. The van der Waals surface area contributed by atoms with Crippen molar-refractivity contribution in [1.29, 1.82) is 0 Å². The van der Waals surface area contributed by atoms with Gasteiger partial charge < -0.3 is 15.2 Å². The Balaban J connectivity index is 1.37. The lowest BCUT2D eigenvalue weighted by Crippen LogP contribution is -2.38. The van der Waals surface area contributed by atoms with Crippen molar-refractivity contribution < 1.29 is 4.79 Å². The molecule has 1 aromatic heterocycles. The van der Waals surface area contributed by atoms with Crippen molar-refractivity contribution in [2.24, 2.45) is 5.92 Å². The molecule has 1 unspecified atom stereocenters. The predicted octanol–water partition coefficient (Wildman–Crippen LogP) is 3.61. The first kappa shape index (κ1) is 17.3. The third-order valence-electron chi connectivity index (χ3n) is 5.20. The maximum absolute atomic E-state index is 12.5. The number of hydrogen-bond acceptors (Lipinski definition) is 3. The van der Waals surface area contributed by atoms with E-state index in [1.807, 2.05) is 24.3 Å². The number of carbonyl (C=O) groups excluding carboxylic acids is 1. The molecule has 0 saturated heterocycles. The highest BCUT2D eigenvalue weighted by atomic mass is 35.5. The summed E-state index contributed by atoms with van der Waals surface area (Å²) < 4.78 is 2.16. The van der Waals surface area contributed by atoms with Crippen LogP contribution in [-0.4, -0.2) is 20.8 Å². The van der Waals surface area contributed by atoms with Crippen molar-refractivity contribution in [3.8, 4) is 0 Å². The van der Waals surface area contributed by atoms with Crippen molar-refractivity contribution in [3.05, 3.63) is 46.5 Å². The fourth-order valence-electron chi connectivity index (χ4n) is 3.60. The van der Waals surface area contributed by atoms with Crippen LogP contribution in [0.25, 0.3) is 0 Å². The van der Waals surface area contributed by atoms with Crippen molar-refractivity contribution in [3.63, 3.8) is 0 Å². The molecule has 1 saturated carbocycles. The summed E-state index contributed by atoms with van der Waals surface area (Å²) in [6, 6.07) is 7.59. The molecule has 0 bridgehead atoms. The summed E-state index contributed by atoms with van der Waals surface area (Å²) in [7, 11) is 0. The normalized spacial score (nSPS) is 17.9. The molecule has 7 heteroatoms. The molecule has 2 aliphatic rings. The van der Waals surface area contributed by atoms with Crippen LogP contribution >= 0.6 is 11.6 Å². The van der Waals surface area contributed by atoms with Gasteiger partial charge in [-0.05, 0) is 49.3 Å². The Morgan fingerprint density at radius 1 is 1.19 bits per heavy atom. The highest BCUT2D eigenvalue weighted by Gasteiger charge is 2.33. The van der Waals surface area contributed by atoms with Crippen LogP contribution in [0, 0.1) is 5.92 Å². The van der Waals surface area contributed by atoms with Crippen LogP contribution in [0.1, 0.15) is 55.4 Å². The molecule has 138 valence electrons. The van der Waals surface area contributed by atoms with E-state index in [1.165, 1.54) is 6.42 Å². The molecular formula is C19H24ClN5O. The average Bonchev–Trinajstić information content (AvgIpc) is 3.45. The van der Waals surface area contributed by atoms with Crippen LogP contribution in [0.3, 0.4) is 0 Å². The second-order valence-electron chi connectivity index (χ2n) is 7.19. The van der Waals surface area contributed by atoms with Crippen LogP contribution in [0.2, 0.25) is 5.02 Å². The van der Waals surface area contributed by atoms with Gasteiger partial charge in [-0.15, -0.1) is 10.2 Å². The summed E-state index contributed by atoms with van der Waals surface area (Å²) in [5.74, 6) is 2.38. The van der Waals surface area contributed by atoms with E-state index in [2.05, 4.69) is 25.4 Å². The first-order valence-electron chi connectivity index (χ1n) is 9.41. The lowest BCUT2D eigenvalue weighted by Gasteiger charge is -2.19. The largest absolute Gasteiger partial charge is 0.331 e. The summed E-state index contributed by atoms with van der Waals surface area (Å²) in [6.45, 7) is 1.34. The van der Waals surface area contributed by atoms with E-state index < -0.39 is 0 Å². The third-order valence-corrected chi connectivity index (χ3v) is 5.45. The zero-order valence-corrected chi connectivity index (χ0v) is 15.5. The molecule has 1 fully saturated rings. The lowest BCUT2D eigenvalue weighted by atomic mass is 10.0. The van der Waals surface area contributed by atoms with Gasteiger partial charge in [0.25, 0.3) is 0 Å². The van der Waals surface area contributed by atoms with Crippen LogP contribution in [0.5, 0.6) is 0 Å². The number of carbonyl (C=O) groups is 1. The second-order valence-corrected chi connectivity index (χ2v) is 7.62. The molecular weight excluding hydrogens is 350 g/mol. The summed E-state index contributed by atoms with van der Waals surface area (Å²) in [6.07, 6.45) is 6.79. The molecule has 0 spiro atoms. The highest BCUT2D eigenvalue weighted by Crippen LogP contribution is 2.41. The van der Waals surface area contributed by atoms with Crippen LogP contribution in [0.15, 0.2) is 24.3 Å². The molecule has 2 heterocycles. The van der Waals surface area contributed by atoms with Crippen LogP contribution in [0.4, 0.5) is 4.79 Å². The van der Waals surface area contributed by atoms with E-state index in [4.69, 9.17) is 11.6 Å². The molecule has 2 N–H and O–H groups in total.